The summed E-state index contributed by atoms with van der Waals surface area (Å²) in [5, 5.41) is 27.3. The van der Waals surface area contributed by atoms with E-state index in [1.165, 1.54) is 31.0 Å². The van der Waals surface area contributed by atoms with Crippen LogP contribution in [-0.4, -0.2) is 71.9 Å². The minimum Gasteiger partial charge on any atom is -0.494 e. The van der Waals surface area contributed by atoms with Gasteiger partial charge in [0.2, 0.25) is 21.8 Å². The van der Waals surface area contributed by atoms with Gasteiger partial charge in [-0.05, 0) is 43.7 Å². The van der Waals surface area contributed by atoms with Gasteiger partial charge in [-0.2, -0.15) is 5.26 Å². The molecule has 1 aromatic carbocycles. The normalized spacial score (nSPS) is 17.2. The maximum atomic E-state index is 13.8. The second-order valence-corrected chi connectivity index (χ2v) is 11.6. The predicted molar refractivity (Wildman–Crippen MR) is 150 cm³/mol. The standard InChI is InChI=1S/C26H26ClN7O6S/c1-15-7-8-22(40-15)25-30-31-26(34(25)23-20(38-2)5-4-6-21(23)39-3)32-41(36,37)19-10-18(35)13-33(14-19)17-9-16(11-28)24(27)29-12-17/h4-9,12,18-19,35H,10,13-14H2,1-3H3,(H,31,32)/t18-,19+/m0/s1. The molecule has 13 nitrogen and oxygen atoms in total. The van der Waals surface area contributed by atoms with E-state index in [1.807, 2.05) is 6.07 Å². The van der Waals surface area contributed by atoms with E-state index >= 15 is 0 Å². The topological polar surface area (TPSA) is 169 Å². The first-order chi connectivity index (χ1) is 19.6. The van der Waals surface area contributed by atoms with E-state index in [2.05, 4.69) is 19.9 Å². The molecule has 0 amide bonds. The Bertz CT molecular complexity index is 1710. The van der Waals surface area contributed by atoms with Crippen molar-refractivity contribution in [3.63, 3.8) is 0 Å². The molecule has 5 rings (SSSR count). The number of aliphatic hydroxyl groups excluding tert-OH is 1. The molecule has 3 aromatic heterocycles. The van der Waals surface area contributed by atoms with E-state index in [-0.39, 0.29) is 42.0 Å². The number of aromatic nitrogens is 4. The molecule has 0 radical (unpaired) electrons. The van der Waals surface area contributed by atoms with Crippen molar-refractivity contribution < 1.29 is 27.4 Å². The number of rotatable bonds is 8. The summed E-state index contributed by atoms with van der Waals surface area (Å²) in [4.78, 5) is 5.66. The summed E-state index contributed by atoms with van der Waals surface area (Å²) in [5.74, 6) is 1.78. The maximum absolute atomic E-state index is 13.8. The van der Waals surface area contributed by atoms with Gasteiger partial charge in [-0.25, -0.2) is 13.4 Å². The molecule has 2 atom stereocenters. The number of aryl methyl sites for hydroxylation is 1. The molecule has 1 aliphatic rings. The number of pyridine rings is 1. The number of anilines is 2. The smallest absolute Gasteiger partial charge is 0.243 e. The number of hydrogen-bond acceptors (Lipinski definition) is 11. The van der Waals surface area contributed by atoms with Crippen LogP contribution in [0.5, 0.6) is 11.5 Å². The summed E-state index contributed by atoms with van der Waals surface area (Å²) in [6, 6.07) is 12.0. The van der Waals surface area contributed by atoms with E-state index in [1.54, 1.807) is 42.2 Å². The predicted octanol–water partition coefficient (Wildman–Crippen LogP) is 3.15. The number of sulfonamides is 1. The number of furan rings is 1. The summed E-state index contributed by atoms with van der Waals surface area (Å²) in [6.07, 6.45) is 0.426. The molecule has 0 unspecified atom stereocenters. The SMILES string of the molecule is COc1cccc(OC)c1-n1c(NS(=O)(=O)[C@@H]2C[C@H](O)CN(c3cnc(Cl)c(C#N)c3)C2)nnc1-c1ccc(C)o1. The van der Waals surface area contributed by atoms with E-state index in [0.29, 0.717) is 34.4 Å². The van der Waals surface area contributed by atoms with Gasteiger partial charge in [0.1, 0.15) is 39.4 Å². The lowest BCUT2D eigenvalue weighted by Crippen LogP contribution is -2.50. The highest BCUT2D eigenvalue weighted by molar-refractivity contribution is 7.93. The van der Waals surface area contributed by atoms with Crippen molar-refractivity contribution >= 4 is 33.3 Å². The molecule has 15 heteroatoms. The molecule has 4 heterocycles. The average molecular weight is 600 g/mol. The Labute approximate surface area is 241 Å². The Hall–Kier alpha value is -4.32. The van der Waals surface area contributed by atoms with Crippen LogP contribution in [0.3, 0.4) is 0 Å². The lowest BCUT2D eigenvalue weighted by molar-refractivity contribution is 0.155. The fourth-order valence-electron chi connectivity index (χ4n) is 4.69. The number of hydrogen-bond donors (Lipinski definition) is 2. The van der Waals surface area contributed by atoms with Gasteiger partial charge in [-0.15, -0.1) is 10.2 Å². The summed E-state index contributed by atoms with van der Waals surface area (Å²) in [5.41, 5.74) is 0.953. The monoisotopic (exact) mass is 599 g/mol. The molecule has 1 saturated heterocycles. The summed E-state index contributed by atoms with van der Waals surface area (Å²) < 4.78 is 48.5. The van der Waals surface area contributed by atoms with Crippen molar-refractivity contribution in [2.45, 2.75) is 24.7 Å². The van der Waals surface area contributed by atoms with Crippen molar-refractivity contribution in [3.8, 4) is 34.8 Å². The Morgan fingerprint density at radius 1 is 1.17 bits per heavy atom. The van der Waals surface area contributed by atoms with E-state index in [0.717, 1.165) is 0 Å². The molecule has 1 fully saturated rings. The fourth-order valence-corrected chi connectivity index (χ4v) is 6.24. The van der Waals surface area contributed by atoms with Crippen molar-refractivity contribution in [2.75, 3.05) is 36.9 Å². The lowest BCUT2D eigenvalue weighted by Gasteiger charge is -2.36. The largest absolute Gasteiger partial charge is 0.494 e. The second-order valence-electron chi connectivity index (χ2n) is 9.31. The van der Waals surface area contributed by atoms with Crippen molar-refractivity contribution in [1.29, 1.82) is 5.26 Å². The molecule has 2 N–H and O–H groups in total. The zero-order valence-corrected chi connectivity index (χ0v) is 23.8. The summed E-state index contributed by atoms with van der Waals surface area (Å²) in [7, 11) is -1.21. The fraction of sp³-hybridized carbons (Fsp3) is 0.308. The van der Waals surface area contributed by atoms with Crippen molar-refractivity contribution in [3.05, 3.63) is 59.1 Å². The molecule has 0 spiro atoms. The van der Waals surface area contributed by atoms with Crippen LogP contribution < -0.4 is 19.1 Å². The van der Waals surface area contributed by atoms with Crippen molar-refractivity contribution in [1.82, 2.24) is 19.7 Å². The van der Waals surface area contributed by atoms with E-state index in [9.17, 15) is 18.8 Å². The number of ether oxygens (including phenoxy) is 2. The van der Waals surface area contributed by atoms with Gasteiger partial charge in [0, 0.05) is 13.1 Å². The molecular weight excluding hydrogens is 574 g/mol. The molecular formula is C26H26ClN7O6S. The first kappa shape index (κ1) is 28.2. The molecule has 0 saturated carbocycles. The quantitative estimate of drug-likeness (QED) is 0.285. The van der Waals surface area contributed by atoms with Crippen LogP contribution >= 0.6 is 11.6 Å². The van der Waals surface area contributed by atoms with Gasteiger partial charge in [-0.3, -0.25) is 9.29 Å². The Morgan fingerprint density at radius 3 is 2.54 bits per heavy atom. The van der Waals surface area contributed by atoms with Crippen LogP contribution in [0.1, 0.15) is 17.7 Å². The van der Waals surface area contributed by atoms with Gasteiger partial charge in [0.05, 0.1) is 37.8 Å². The second kappa shape index (κ2) is 11.3. The number of halogens is 1. The number of β-amino-alcohol motifs (C(OH)–C–C–N with tert-alkyl or cyclic N) is 1. The molecule has 4 aromatic rings. The summed E-state index contributed by atoms with van der Waals surface area (Å²) in [6.45, 7) is 1.93. The van der Waals surface area contributed by atoms with Crippen LogP contribution in [0.15, 0.2) is 47.0 Å². The highest BCUT2D eigenvalue weighted by Crippen LogP contribution is 2.38. The Morgan fingerprint density at radius 2 is 1.90 bits per heavy atom. The highest BCUT2D eigenvalue weighted by atomic mass is 35.5. The molecule has 0 bridgehead atoms. The third-order valence-corrected chi connectivity index (χ3v) is 8.61. The van der Waals surface area contributed by atoms with Crippen molar-refractivity contribution in [2.24, 2.45) is 0 Å². The van der Waals surface area contributed by atoms with Gasteiger partial charge in [0.15, 0.2) is 5.76 Å². The van der Waals surface area contributed by atoms with Gasteiger partial charge in [0.25, 0.3) is 0 Å². The lowest BCUT2D eigenvalue weighted by atomic mass is 10.1. The minimum absolute atomic E-state index is 0.0108. The van der Waals surface area contributed by atoms with Gasteiger partial charge >= 0.3 is 0 Å². The van der Waals surface area contributed by atoms with Crippen LogP contribution in [0.25, 0.3) is 17.3 Å². The number of nitriles is 1. The van der Waals surface area contributed by atoms with E-state index in [4.69, 9.17) is 25.5 Å². The number of aliphatic hydroxyl groups is 1. The van der Waals surface area contributed by atoms with E-state index < -0.39 is 21.4 Å². The third kappa shape index (κ3) is 5.51. The number of para-hydroxylation sites is 1. The number of piperidine rings is 1. The molecule has 0 aliphatic carbocycles. The Balaban J connectivity index is 1.55. The minimum atomic E-state index is -4.17. The number of benzene rings is 1. The molecule has 214 valence electrons. The van der Waals surface area contributed by atoms with Crippen LogP contribution in [0.4, 0.5) is 11.6 Å². The van der Waals surface area contributed by atoms with Gasteiger partial charge in [-0.1, -0.05) is 17.7 Å². The van der Waals surface area contributed by atoms with Crippen LogP contribution in [0.2, 0.25) is 5.15 Å². The first-order valence-corrected chi connectivity index (χ1v) is 14.3. The number of nitrogens with one attached hydrogen (secondary N) is 1. The highest BCUT2D eigenvalue weighted by Gasteiger charge is 2.37. The zero-order valence-electron chi connectivity index (χ0n) is 22.3. The number of nitrogens with zero attached hydrogens (tertiary/aromatic N) is 6. The maximum Gasteiger partial charge on any atom is 0.243 e. The first-order valence-electron chi connectivity index (χ1n) is 12.4. The molecule has 41 heavy (non-hydrogen) atoms. The van der Waals surface area contributed by atoms with Gasteiger partial charge < -0.3 is 23.9 Å². The summed E-state index contributed by atoms with van der Waals surface area (Å²) >= 11 is 5.96. The third-order valence-electron chi connectivity index (χ3n) is 6.62. The Kier molecular flexibility index (Phi) is 7.76. The molecule has 1 aliphatic heterocycles. The number of methoxy groups -OCH3 is 2. The van der Waals surface area contributed by atoms with Crippen LogP contribution in [-0.2, 0) is 10.0 Å². The zero-order chi connectivity index (χ0) is 29.3. The van der Waals surface area contributed by atoms with Crippen LogP contribution in [0, 0.1) is 18.3 Å². The average Bonchev–Trinajstić information content (AvgIpc) is 3.57.